The molecular formula is C24H31ClN2O4S. The van der Waals surface area contributed by atoms with E-state index < -0.39 is 16.1 Å². The molecule has 1 amide bonds. The molecule has 0 aromatic heterocycles. The highest BCUT2D eigenvalue weighted by Crippen LogP contribution is 2.38. The number of carbonyl (C=O) groups is 1. The zero-order valence-electron chi connectivity index (χ0n) is 18.8. The number of carbonyl (C=O) groups excluding carboxylic acids is 1. The number of aryl methyl sites for hydroxylation is 1. The van der Waals surface area contributed by atoms with Gasteiger partial charge in [0.15, 0.2) is 6.10 Å². The number of benzene rings is 2. The van der Waals surface area contributed by atoms with Gasteiger partial charge in [-0.15, -0.1) is 0 Å². The van der Waals surface area contributed by atoms with Crippen molar-refractivity contribution in [2.45, 2.75) is 57.5 Å². The first kappa shape index (κ1) is 24.4. The fourth-order valence-electron chi connectivity index (χ4n) is 3.73. The number of anilines is 1. The molecule has 0 aliphatic carbocycles. The molecule has 6 nitrogen and oxygen atoms in total. The molecular weight excluding hydrogens is 448 g/mol. The van der Waals surface area contributed by atoms with Gasteiger partial charge in [0.25, 0.3) is 15.9 Å². The Morgan fingerprint density at radius 1 is 1.22 bits per heavy atom. The summed E-state index contributed by atoms with van der Waals surface area (Å²) < 4.78 is 34.1. The normalized spacial score (nSPS) is 16.8. The molecule has 32 heavy (non-hydrogen) atoms. The predicted molar refractivity (Wildman–Crippen MR) is 128 cm³/mol. The van der Waals surface area contributed by atoms with E-state index in [1.807, 2.05) is 6.92 Å². The van der Waals surface area contributed by atoms with Gasteiger partial charge >= 0.3 is 0 Å². The number of halogens is 1. The van der Waals surface area contributed by atoms with Gasteiger partial charge in [-0.3, -0.25) is 9.10 Å². The second-order valence-corrected chi connectivity index (χ2v) is 10.5. The van der Waals surface area contributed by atoms with Crippen LogP contribution < -0.4 is 14.4 Å². The minimum Gasteiger partial charge on any atom is -0.476 e. The van der Waals surface area contributed by atoms with Crippen molar-refractivity contribution < 1.29 is 17.9 Å². The molecule has 0 fully saturated rings. The molecule has 1 aliphatic heterocycles. The first-order chi connectivity index (χ1) is 15.3. The Labute approximate surface area is 196 Å². The fourth-order valence-corrected chi connectivity index (χ4v) is 5.36. The standard InChI is InChI=1S/C24H31ClN2O4S/c1-4-6-7-18(5-2)15-26-24(28)23-16-27(21-14-19(25)10-13-22(21)31-23)32(29,30)20-11-8-17(3)9-12-20/h8-14,18,23H,4-7,15-16H2,1-3H3,(H,26,28)/t18-,23+/m0/s1. The molecule has 1 aliphatic rings. The van der Waals surface area contributed by atoms with Crippen LogP contribution in [-0.2, 0) is 14.8 Å². The number of fused-ring (bicyclic) bond motifs is 1. The van der Waals surface area contributed by atoms with E-state index >= 15 is 0 Å². The van der Waals surface area contributed by atoms with Gasteiger partial charge < -0.3 is 10.1 Å². The van der Waals surface area contributed by atoms with Crippen LogP contribution in [0.25, 0.3) is 0 Å². The number of nitrogens with one attached hydrogen (secondary N) is 1. The summed E-state index contributed by atoms with van der Waals surface area (Å²) in [6, 6.07) is 11.4. The molecule has 0 spiro atoms. The molecule has 1 heterocycles. The summed E-state index contributed by atoms with van der Waals surface area (Å²) in [5, 5.41) is 3.35. The number of amides is 1. The average molecular weight is 479 g/mol. The SMILES string of the molecule is CCCC[C@H](CC)CNC(=O)[C@H]1CN(S(=O)(=O)c2ccc(C)cc2)c2cc(Cl)ccc2O1. The molecule has 2 aromatic carbocycles. The van der Waals surface area contributed by atoms with Crippen molar-refractivity contribution >= 4 is 33.2 Å². The molecule has 0 saturated carbocycles. The van der Waals surface area contributed by atoms with Gasteiger partial charge in [-0.1, -0.05) is 62.4 Å². The lowest BCUT2D eigenvalue weighted by molar-refractivity contribution is -0.127. The maximum atomic E-state index is 13.5. The van der Waals surface area contributed by atoms with Crippen molar-refractivity contribution in [3.8, 4) is 5.75 Å². The molecule has 0 radical (unpaired) electrons. The molecule has 174 valence electrons. The lowest BCUT2D eigenvalue weighted by atomic mass is 9.99. The summed E-state index contributed by atoms with van der Waals surface area (Å²) in [6.45, 7) is 6.58. The molecule has 8 heteroatoms. The van der Waals surface area contributed by atoms with Crippen molar-refractivity contribution in [2.24, 2.45) is 5.92 Å². The lowest BCUT2D eigenvalue weighted by Gasteiger charge is -2.35. The number of rotatable bonds is 9. The van der Waals surface area contributed by atoms with Crippen LogP contribution >= 0.6 is 11.6 Å². The fraction of sp³-hybridized carbons (Fsp3) is 0.458. The Hall–Kier alpha value is -2.25. The summed E-state index contributed by atoms with van der Waals surface area (Å²) in [5.74, 6) is 0.389. The van der Waals surface area contributed by atoms with Gasteiger partial charge in [0, 0.05) is 11.6 Å². The largest absolute Gasteiger partial charge is 0.476 e. The Morgan fingerprint density at radius 3 is 2.59 bits per heavy atom. The average Bonchev–Trinajstić information content (AvgIpc) is 2.78. The third kappa shape index (κ3) is 5.56. The van der Waals surface area contributed by atoms with Crippen LogP contribution in [0.2, 0.25) is 5.02 Å². The highest BCUT2D eigenvalue weighted by Gasteiger charge is 2.37. The zero-order valence-corrected chi connectivity index (χ0v) is 20.4. The van der Waals surface area contributed by atoms with Crippen LogP contribution in [0.3, 0.4) is 0 Å². The summed E-state index contributed by atoms with van der Waals surface area (Å²) in [5.41, 5.74) is 1.29. The lowest BCUT2D eigenvalue weighted by Crippen LogP contribution is -2.51. The van der Waals surface area contributed by atoms with Gasteiger partial charge in [-0.25, -0.2) is 8.42 Å². The second-order valence-electron chi connectivity index (χ2n) is 8.23. The second kappa shape index (κ2) is 10.6. The molecule has 2 aromatic rings. The maximum absolute atomic E-state index is 13.5. The van der Waals surface area contributed by atoms with E-state index in [4.69, 9.17) is 16.3 Å². The minimum absolute atomic E-state index is 0.124. The quantitative estimate of drug-likeness (QED) is 0.554. The van der Waals surface area contributed by atoms with Crippen molar-refractivity contribution in [2.75, 3.05) is 17.4 Å². The molecule has 0 unspecified atom stereocenters. The van der Waals surface area contributed by atoms with Crippen LogP contribution in [0.5, 0.6) is 5.75 Å². The van der Waals surface area contributed by atoms with Crippen molar-refractivity contribution in [1.82, 2.24) is 5.32 Å². The molecule has 0 saturated heterocycles. The summed E-state index contributed by atoms with van der Waals surface area (Å²) in [7, 11) is -3.91. The molecule has 0 bridgehead atoms. The Morgan fingerprint density at radius 2 is 1.94 bits per heavy atom. The highest BCUT2D eigenvalue weighted by atomic mass is 35.5. The number of unbranched alkanes of at least 4 members (excludes halogenated alkanes) is 1. The van der Waals surface area contributed by atoms with Crippen molar-refractivity contribution in [3.63, 3.8) is 0 Å². The monoisotopic (exact) mass is 478 g/mol. The summed E-state index contributed by atoms with van der Waals surface area (Å²) in [6.07, 6.45) is 3.30. The van der Waals surface area contributed by atoms with Crippen molar-refractivity contribution in [1.29, 1.82) is 0 Å². The van der Waals surface area contributed by atoms with Crippen LogP contribution in [-0.4, -0.2) is 33.5 Å². The first-order valence-corrected chi connectivity index (χ1v) is 12.9. The van der Waals surface area contributed by atoms with Crippen LogP contribution in [0, 0.1) is 12.8 Å². The van der Waals surface area contributed by atoms with Crippen LogP contribution in [0.1, 0.15) is 45.1 Å². The minimum atomic E-state index is -3.91. The number of nitrogens with zero attached hydrogens (tertiary/aromatic N) is 1. The van der Waals surface area contributed by atoms with Gasteiger partial charge in [-0.05, 0) is 49.6 Å². The smallest absolute Gasteiger partial charge is 0.264 e. The number of ether oxygens (including phenoxy) is 1. The molecule has 2 atom stereocenters. The van der Waals surface area contributed by atoms with Crippen LogP contribution in [0.15, 0.2) is 47.4 Å². The van der Waals surface area contributed by atoms with Crippen molar-refractivity contribution in [3.05, 3.63) is 53.1 Å². The van der Waals surface area contributed by atoms with Crippen LogP contribution in [0.4, 0.5) is 5.69 Å². The highest BCUT2D eigenvalue weighted by molar-refractivity contribution is 7.92. The van der Waals surface area contributed by atoms with E-state index in [0.29, 0.717) is 28.9 Å². The Balaban J connectivity index is 1.85. The summed E-state index contributed by atoms with van der Waals surface area (Å²) >= 11 is 6.14. The number of hydrogen-bond donors (Lipinski definition) is 1. The van der Waals surface area contributed by atoms with Gasteiger partial charge in [0.05, 0.1) is 17.1 Å². The zero-order chi connectivity index (χ0) is 23.3. The number of hydrogen-bond acceptors (Lipinski definition) is 4. The van der Waals surface area contributed by atoms with E-state index in [9.17, 15) is 13.2 Å². The molecule has 3 rings (SSSR count). The van der Waals surface area contributed by atoms with Gasteiger partial charge in [0.2, 0.25) is 0 Å². The van der Waals surface area contributed by atoms with Gasteiger partial charge in [-0.2, -0.15) is 0 Å². The van der Waals surface area contributed by atoms with E-state index in [2.05, 4.69) is 19.2 Å². The maximum Gasteiger partial charge on any atom is 0.264 e. The van der Waals surface area contributed by atoms with Gasteiger partial charge in [0.1, 0.15) is 5.75 Å². The Bertz CT molecular complexity index is 1040. The first-order valence-electron chi connectivity index (χ1n) is 11.1. The number of sulfonamides is 1. The molecule has 1 N–H and O–H groups in total. The van der Waals surface area contributed by atoms with E-state index in [1.165, 1.54) is 4.31 Å². The Kier molecular flexibility index (Phi) is 8.06. The topological polar surface area (TPSA) is 75.7 Å². The summed E-state index contributed by atoms with van der Waals surface area (Å²) in [4.78, 5) is 13.1. The third-order valence-electron chi connectivity index (χ3n) is 5.80. The third-order valence-corrected chi connectivity index (χ3v) is 7.83. The van der Waals surface area contributed by atoms with E-state index in [-0.39, 0.29) is 17.3 Å². The van der Waals surface area contributed by atoms with E-state index in [1.54, 1.807) is 42.5 Å². The van der Waals surface area contributed by atoms with E-state index in [0.717, 1.165) is 31.2 Å². The predicted octanol–water partition coefficient (Wildman–Crippen LogP) is 4.94.